The fourth-order valence-corrected chi connectivity index (χ4v) is 3.23. The van der Waals surface area contributed by atoms with Gasteiger partial charge in [0.25, 0.3) is 5.89 Å². The van der Waals surface area contributed by atoms with E-state index in [1.54, 1.807) is 24.3 Å². The van der Waals surface area contributed by atoms with Crippen molar-refractivity contribution in [3.63, 3.8) is 0 Å². The number of hydrogen-bond donors (Lipinski definition) is 0. The number of hydrogen-bond acceptors (Lipinski definition) is 8. The standard InChI is InChI=1S/C15H17N3O6S/c19-14(18-6-8-22-9-7-18)11-25(20,21)15-17-16-13(24-15)10-23-12-4-2-1-3-5-12/h1-5H,6-11H2. The Morgan fingerprint density at radius 1 is 1.16 bits per heavy atom. The summed E-state index contributed by atoms with van der Waals surface area (Å²) in [5, 5.41) is 6.59. The first kappa shape index (κ1) is 17.4. The number of para-hydroxylation sites is 1. The molecule has 25 heavy (non-hydrogen) atoms. The SMILES string of the molecule is O=C(CS(=O)(=O)c1nnc(COc2ccccc2)o1)N1CCOCC1. The van der Waals surface area contributed by atoms with Crippen LogP contribution in [0.5, 0.6) is 5.75 Å². The zero-order valence-electron chi connectivity index (χ0n) is 13.3. The smallest absolute Gasteiger partial charge is 0.336 e. The lowest BCUT2D eigenvalue weighted by Crippen LogP contribution is -2.43. The van der Waals surface area contributed by atoms with Crippen molar-refractivity contribution in [1.82, 2.24) is 15.1 Å². The lowest BCUT2D eigenvalue weighted by molar-refractivity contribution is -0.132. The minimum absolute atomic E-state index is 0.0150. The van der Waals surface area contributed by atoms with Gasteiger partial charge in [0.15, 0.2) is 6.61 Å². The molecule has 1 amide bonds. The van der Waals surface area contributed by atoms with Gasteiger partial charge < -0.3 is 18.8 Å². The summed E-state index contributed by atoms with van der Waals surface area (Å²) < 4.78 is 40.2. The summed E-state index contributed by atoms with van der Waals surface area (Å²) >= 11 is 0. The predicted octanol–water partition coefficient (Wildman–Crippen LogP) is 0.281. The van der Waals surface area contributed by atoms with Gasteiger partial charge in [-0.3, -0.25) is 4.79 Å². The number of ether oxygens (including phenoxy) is 2. The molecule has 1 aromatic carbocycles. The largest absolute Gasteiger partial charge is 0.484 e. The molecule has 1 aromatic heterocycles. The monoisotopic (exact) mass is 367 g/mol. The van der Waals surface area contributed by atoms with Crippen LogP contribution in [0.2, 0.25) is 0 Å². The predicted molar refractivity (Wildman–Crippen MR) is 84.5 cm³/mol. The molecule has 1 saturated heterocycles. The molecule has 2 aromatic rings. The number of sulfone groups is 1. The van der Waals surface area contributed by atoms with Crippen molar-refractivity contribution in [3.8, 4) is 5.75 Å². The fraction of sp³-hybridized carbons (Fsp3) is 0.400. The quantitative estimate of drug-likeness (QED) is 0.716. The molecule has 0 spiro atoms. The normalized spacial score (nSPS) is 15.1. The second-order valence-corrected chi connectivity index (χ2v) is 7.18. The number of amides is 1. The highest BCUT2D eigenvalue weighted by atomic mass is 32.2. The molecular formula is C15H17N3O6S. The third-order valence-corrected chi connectivity index (χ3v) is 4.82. The zero-order valence-corrected chi connectivity index (χ0v) is 14.1. The van der Waals surface area contributed by atoms with E-state index in [-0.39, 0.29) is 12.5 Å². The van der Waals surface area contributed by atoms with Crippen molar-refractivity contribution >= 4 is 15.7 Å². The number of benzene rings is 1. The molecule has 9 nitrogen and oxygen atoms in total. The van der Waals surface area contributed by atoms with Crippen LogP contribution >= 0.6 is 0 Å². The molecule has 0 unspecified atom stereocenters. The van der Waals surface area contributed by atoms with Gasteiger partial charge in [0.2, 0.25) is 15.7 Å². The topological polar surface area (TPSA) is 112 Å². The molecular weight excluding hydrogens is 350 g/mol. The Hall–Kier alpha value is -2.46. The van der Waals surface area contributed by atoms with E-state index in [0.29, 0.717) is 32.1 Å². The van der Waals surface area contributed by atoms with Crippen LogP contribution in [0.3, 0.4) is 0 Å². The van der Waals surface area contributed by atoms with E-state index in [1.807, 2.05) is 6.07 Å². The van der Waals surface area contributed by atoms with Crippen LogP contribution in [0, 0.1) is 0 Å². The van der Waals surface area contributed by atoms with Crippen molar-refractivity contribution in [2.45, 2.75) is 11.8 Å². The van der Waals surface area contributed by atoms with Crippen LogP contribution in [0.15, 0.2) is 40.0 Å². The van der Waals surface area contributed by atoms with Gasteiger partial charge >= 0.3 is 5.22 Å². The summed E-state index contributed by atoms with van der Waals surface area (Å²) in [5.74, 6) is -0.619. The lowest BCUT2D eigenvalue weighted by atomic mass is 10.3. The maximum atomic E-state index is 12.3. The van der Waals surface area contributed by atoms with Crippen LogP contribution in [0.1, 0.15) is 5.89 Å². The first-order valence-electron chi connectivity index (χ1n) is 7.63. The third kappa shape index (κ3) is 4.54. The highest BCUT2D eigenvalue weighted by Crippen LogP contribution is 2.14. The first-order valence-corrected chi connectivity index (χ1v) is 9.28. The molecule has 134 valence electrons. The van der Waals surface area contributed by atoms with E-state index in [1.165, 1.54) is 4.90 Å². The summed E-state index contributed by atoms with van der Waals surface area (Å²) in [5.41, 5.74) is 0. The summed E-state index contributed by atoms with van der Waals surface area (Å²) in [6.07, 6.45) is 0. The Morgan fingerprint density at radius 2 is 1.88 bits per heavy atom. The van der Waals surface area contributed by atoms with Gasteiger partial charge in [-0.05, 0) is 12.1 Å². The summed E-state index contributed by atoms with van der Waals surface area (Å²) in [7, 11) is -4.00. The van der Waals surface area contributed by atoms with Crippen LogP contribution < -0.4 is 4.74 Å². The number of nitrogens with zero attached hydrogens (tertiary/aromatic N) is 3. The molecule has 3 rings (SSSR count). The second-order valence-electron chi connectivity index (χ2n) is 5.32. The molecule has 1 aliphatic heterocycles. The van der Waals surface area contributed by atoms with E-state index < -0.39 is 26.7 Å². The Balaban J connectivity index is 1.60. The average molecular weight is 367 g/mol. The van der Waals surface area contributed by atoms with Crippen LogP contribution in [-0.4, -0.2) is 61.5 Å². The molecule has 0 radical (unpaired) electrons. The molecule has 1 fully saturated rings. The fourth-order valence-electron chi connectivity index (χ4n) is 2.21. The van der Waals surface area contributed by atoms with Crippen molar-refractivity contribution < 1.29 is 27.1 Å². The van der Waals surface area contributed by atoms with Gasteiger partial charge in [0.1, 0.15) is 11.5 Å². The van der Waals surface area contributed by atoms with Crippen molar-refractivity contribution in [1.29, 1.82) is 0 Å². The van der Waals surface area contributed by atoms with Crippen molar-refractivity contribution in [2.24, 2.45) is 0 Å². The van der Waals surface area contributed by atoms with Gasteiger partial charge in [-0.15, -0.1) is 5.10 Å². The van der Waals surface area contributed by atoms with Crippen molar-refractivity contribution in [2.75, 3.05) is 32.1 Å². The molecule has 2 heterocycles. The Bertz CT molecular complexity index is 815. The minimum atomic E-state index is -4.00. The van der Waals surface area contributed by atoms with Gasteiger partial charge in [-0.1, -0.05) is 23.3 Å². The minimum Gasteiger partial charge on any atom is -0.484 e. The summed E-state index contributed by atoms with van der Waals surface area (Å²) in [6.45, 7) is 1.47. The number of carbonyl (C=O) groups is 1. The molecule has 0 N–H and O–H groups in total. The third-order valence-electron chi connectivity index (χ3n) is 3.50. The molecule has 0 bridgehead atoms. The highest BCUT2D eigenvalue weighted by molar-refractivity contribution is 7.91. The molecule has 1 aliphatic rings. The van der Waals surface area contributed by atoms with E-state index in [2.05, 4.69) is 10.2 Å². The maximum Gasteiger partial charge on any atom is 0.336 e. The van der Waals surface area contributed by atoms with Gasteiger partial charge in [0.05, 0.1) is 13.2 Å². The van der Waals surface area contributed by atoms with Gasteiger partial charge in [-0.2, -0.15) is 0 Å². The van der Waals surface area contributed by atoms with Crippen LogP contribution in [0.4, 0.5) is 0 Å². The van der Waals surface area contributed by atoms with Crippen molar-refractivity contribution in [3.05, 3.63) is 36.2 Å². The molecule has 0 aliphatic carbocycles. The average Bonchev–Trinajstić information content (AvgIpc) is 3.11. The van der Waals surface area contributed by atoms with E-state index in [4.69, 9.17) is 13.9 Å². The Kier molecular flexibility index (Phi) is 5.29. The molecule has 0 atom stereocenters. The van der Waals surface area contributed by atoms with Crippen LogP contribution in [0.25, 0.3) is 0 Å². The number of carbonyl (C=O) groups excluding carboxylic acids is 1. The van der Waals surface area contributed by atoms with Gasteiger partial charge in [0, 0.05) is 13.1 Å². The summed E-state index contributed by atoms with van der Waals surface area (Å²) in [6, 6.07) is 8.94. The van der Waals surface area contributed by atoms with E-state index in [9.17, 15) is 13.2 Å². The Labute approximate surface area is 144 Å². The maximum absolute atomic E-state index is 12.3. The Morgan fingerprint density at radius 3 is 2.60 bits per heavy atom. The molecule has 0 saturated carbocycles. The number of rotatable bonds is 6. The second kappa shape index (κ2) is 7.62. The first-order chi connectivity index (χ1) is 12.0. The zero-order chi connectivity index (χ0) is 17.7. The van der Waals surface area contributed by atoms with E-state index >= 15 is 0 Å². The van der Waals surface area contributed by atoms with E-state index in [0.717, 1.165) is 0 Å². The highest BCUT2D eigenvalue weighted by Gasteiger charge is 2.29. The molecule has 10 heteroatoms. The number of aromatic nitrogens is 2. The van der Waals surface area contributed by atoms with Crippen LogP contribution in [-0.2, 0) is 26.0 Å². The van der Waals surface area contributed by atoms with Gasteiger partial charge in [-0.25, -0.2) is 8.42 Å². The lowest BCUT2D eigenvalue weighted by Gasteiger charge is -2.26. The summed E-state index contributed by atoms with van der Waals surface area (Å²) in [4.78, 5) is 13.5. The number of morpholine rings is 1.